The number of aliphatic hydroxyl groups excluding tert-OH is 1. The molecule has 2 N–H and O–H groups in total. The molecule has 1 fully saturated rings. The number of pyridine rings is 1. The van der Waals surface area contributed by atoms with Crippen LogP contribution in [0, 0.1) is 0 Å². The predicted molar refractivity (Wildman–Crippen MR) is 125 cm³/mol. The second-order valence-corrected chi connectivity index (χ2v) is 10.2. The van der Waals surface area contributed by atoms with Gasteiger partial charge in [0.1, 0.15) is 23.6 Å². The lowest BCUT2D eigenvalue weighted by Crippen LogP contribution is -2.22. The number of rotatable bonds is 7. The molecule has 5 rings (SSSR count). The van der Waals surface area contributed by atoms with Crippen LogP contribution in [0.5, 0.6) is 0 Å². The molecule has 0 aliphatic heterocycles. The molecule has 4 aromatic rings. The molecule has 0 amide bonds. The van der Waals surface area contributed by atoms with Crippen molar-refractivity contribution in [1.82, 2.24) is 19.5 Å². The Hall–Kier alpha value is -3.01. The third kappa shape index (κ3) is 3.86. The summed E-state index contributed by atoms with van der Waals surface area (Å²) in [6.45, 7) is 4.28. The highest BCUT2D eigenvalue weighted by atomic mass is 32.2. The van der Waals surface area contributed by atoms with Gasteiger partial charge in [0.25, 0.3) is 0 Å². The van der Waals surface area contributed by atoms with Crippen LogP contribution in [0.15, 0.2) is 65.2 Å². The zero-order valence-electron chi connectivity index (χ0n) is 18.1. The monoisotopic (exact) mass is 466 g/mol. The van der Waals surface area contributed by atoms with Crippen LogP contribution in [0.3, 0.4) is 0 Å². The highest BCUT2D eigenvalue weighted by molar-refractivity contribution is 7.91. The summed E-state index contributed by atoms with van der Waals surface area (Å²) >= 11 is 0. The molecule has 3 heterocycles. The Morgan fingerprint density at radius 3 is 2.64 bits per heavy atom. The van der Waals surface area contributed by atoms with Crippen LogP contribution in [-0.2, 0) is 21.2 Å². The third-order valence-electron chi connectivity index (χ3n) is 6.19. The van der Waals surface area contributed by atoms with Crippen molar-refractivity contribution < 1.29 is 18.3 Å². The average Bonchev–Trinajstić information content (AvgIpc) is 3.44. The summed E-state index contributed by atoms with van der Waals surface area (Å²) in [5.41, 5.74) is 1.57. The molecule has 1 aromatic carbocycles. The normalized spacial score (nSPS) is 19.3. The highest BCUT2D eigenvalue weighted by Crippen LogP contribution is 2.38. The molecule has 0 atom stereocenters. The number of aromatic amines is 1. The summed E-state index contributed by atoms with van der Waals surface area (Å²) in [6, 6.07) is 10.3. The van der Waals surface area contributed by atoms with E-state index >= 15 is 0 Å². The van der Waals surface area contributed by atoms with Gasteiger partial charge in [-0.3, -0.25) is 0 Å². The Balaban J connectivity index is 1.77. The standard InChI is InChI=1S/C24H26N4O4S/c1-2-14-32-15-20-26-21-22(28(20)16-8-10-17(29)11-9-16)19-12-13-25-23(19)27-24(21)33(30,31)18-6-4-3-5-7-18/h2-7,12-13,16-17,29H,1,8-11,14-15H2,(H,25,27). The van der Waals surface area contributed by atoms with E-state index in [1.54, 1.807) is 42.6 Å². The molecule has 0 radical (unpaired) electrons. The number of fused-ring (bicyclic) bond motifs is 3. The second-order valence-electron chi connectivity index (χ2n) is 8.33. The van der Waals surface area contributed by atoms with E-state index in [0.717, 1.165) is 23.7 Å². The lowest BCUT2D eigenvalue weighted by molar-refractivity contribution is 0.105. The molecule has 1 aliphatic carbocycles. The van der Waals surface area contributed by atoms with Gasteiger partial charge in [-0.05, 0) is 43.9 Å². The van der Waals surface area contributed by atoms with Crippen LogP contribution in [0.1, 0.15) is 37.5 Å². The number of hydrogen-bond donors (Lipinski definition) is 2. The van der Waals surface area contributed by atoms with E-state index in [2.05, 4.69) is 21.1 Å². The maximum atomic E-state index is 13.6. The van der Waals surface area contributed by atoms with Gasteiger partial charge < -0.3 is 19.4 Å². The van der Waals surface area contributed by atoms with Crippen molar-refractivity contribution >= 4 is 31.9 Å². The van der Waals surface area contributed by atoms with E-state index in [1.807, 2.05) is 6.07 Å². The molecular formula is C24H26N4O4S. The molecule has 3 aromatic heterocycles. The molecule has 0 saturated heterocycles. The van der Waals surface area contributed by atoms with E-state index < -0.39 is 9.84 Å². The van der Waals surface area contributed by atoms with Crippen molar-refractivity contribution in [1.29, 1.82) is 0 Å². The van der Waals surface area contributed by atoms with Gasteiger partial charge in [0.15, 0.2) is 5.03 Å². The minimum atomic E-state index is -3.91. The minimum absolute atomic E-state index is 0.0711. The molecule has 9 heteroatoms. The van der Waals surface area contributed by atoms with E-state index in [-0.39, 0.29) is 28.7 Å². The van der Waals surface area contributed by atoms with Crippen LogP contribution >= 0.6 is 0 Å². The minimum Gasteiger partial charge on any atom is -0.393 e. The lowest BCUT2D eigenvalue weighted by atomic mass is 9.92. The maximum absolute atomic E-state index is 13.6. The maximum Gasteiger partial charge on any atom is 0.226 e. The van der Waals surface area contributed by atoms with Crippen LogP contribution in [0.2, 0.25) is 0 Å². The van der Waals surface area contributed by atoms with E-state index in [1.165, 1.54) is 0 Å². The van der Waals surface area contributed by atoms with Gasteiger partial charge in [-0.1, -0.05) is 24.3 Å². The van der Waals surface area contributed by atoms with Gasteiger partial charge in [0.2, 0.25) is 9.84 Å². The Bertz CT molecular complexity index is 1400. The third-order valence-corrected chi connectivity index (χ3v) is 7.87. The summed E-state index contributed by atoms with van der Waals surface area (Å²) < 4.78 is 35.1. The summed E-state index contributed by atoms with van der Waals surface area (Å²) in [4.78, 5) is 12.5. The van der Waals surface area contributed by atoms with Crippen molar-refractivity contribution in [3.8, 4) is 0 Å². The summed E-state index contributed by atoms with van der Waals surface area (Å²) in [6.07, 6.45) is 6.04. The fraction of sp³-hybridized carbons (Fsp3) is 0.333. The first-order valence-electron chi connectivity index (χ1n) is 11.1. The summed E-state index contributed by atoms with van der Waals surface area (Å²) in [5, 5.41) is 10.8. The number of ether oxygens (including phenoxy) is 1. The first-order valence-corrected chi connectivity index (χ1v) is 12.5. The number of benzene rings is 1. The fourth-order valence-electron chi connectivity index (χ4n) is 4.63. The van der Waals surface area contributed by atoms with Gasteiger partial charge in [0, 0.05) is 17.6 Å². The zero-order chi connectivity index (χ0) is 23.0. The van der Waals surface area contributed by atoms with Crippen molar-refractivity contribution in [3.05, 3.63) is 61.1 Å². The summed E-state index contributed by atoms with van der Waals surface area (Å²) in [7, 11) is -3.91. The number of hydrogen-bond acceptors (Lipinski definition) is 6. The Labute approximate surface area is 191 Å². The number of imidazole rings is 1. The second kappa shape index (κ2) is 8.74. The van der Waals surface area contributed by atoms with Gasteiger partial charge in [0.05, 0.1) is 23.1 Å². The topological polar surface area (TPSA) is 110 Å². The van der Waals surface area contributed by atoms with Gasteiger partial charge in [-0.2, -0.15) is 0 Å². The average molecular weight is 467 g/mol. The number of nitrogens with zero attached hydrogens (tertiary/aromatic N) is 3. The predicted octanol–water partition coefficient (Wildman–Crippen LogP) is 3.92. The lowest BCUT2D eigenvalue weighted by Gasteiger charge is -2.28. The zero-order valence-corrected chi connectivity index (χ0v) is 19.0. The van der Waals surface area contributed by atoms with Crippen molar-refractivity contribution in [2.24, 2.45) is 0 Å². The molecule has 1 aliphatic rings. The molecule has 0 spiro atoms. The SMILES string of the molecule is C=CCOCc1nc2c(S(=O)(=O)c3ccccc3)nc3[nH]ccc3c2n1C1CCC(O)CC1. The number of H-pyrrole nitrogens is 1. The Morgan fingerprint density at radius 2 is 1.91 bits per heavy atom. The number of sulfone groups is 1. The molecule has 8 nitrogen and oxygen atoms in total. The van der Waals surface area contributed by atoms with E-state index in [0.29, 0.717) is 36.4 Å². The van der Waals surface area contributed by atoms with Gasteiger partial charge in [-0.15, -0.1) is 6.58 Å². The Kier molecular flexibility index (Phi) is 5.77. The first kappa shape index (κ1) is 21.8. The fourth-order valence-corrected chi connectivity index (χ4v) is 5.97. The summed E-state index contributed by atoms with van der Waals surface area (Å²) in [5.74, 6) is 0.647. The molecule has 1 saturated carbocycles. The number of aliphatic hydroxyl groups is 1. The van der Waals surface area contributed by atoms with E-state index in [9.17, 15) is 13.5 Å². The van der Waals surface area contributed by atoms with Crippen molar-refractivity contribution in [2.45, 2.75) is 54.4 Å². The number of nitrogens with one attached hydrogen (secondary N) is 1. The van der Waals surface area contributed by atoms with Crippen LogP contribution < -0.4 is 0 Å². The van der Waals surface area contributed by atoms with Gasteiger partial charge >= 0.3 is 0 Å². The van der Waals surface area contributed by atoms with Gasteiger partial charge in [-0.25, -0.2) is 18.4 Å². The largest absolute Gasteiger partial charge is 0.393 e. The molecule has 0 unspecified atom stereocenters. The Morgan fingerprint density at radius 1 is 1.15 bits per heavy atom. The van der Waals surface area contributed by atoms with Crippen molar-refractivity contribution in [3.63, 3.8) is 0 Å². The molecule has 172 valence electrons. The smallest absolute Gasteiger partial charge is 0.226 e. The first-order chi connectivity index (χ1) is 16.0. The van der Waals surface area contributed by atoms with Crippen molar-refractivity contribution in [2.75, 3.05) is 6.61 Å². The van der Waals surface area contributed by atoms with Crippen LogP contribution in [0.25, 0.3) is 22.1 Å². The van der Waals surface area contributed by atoms with E-state index in [4.69, 9.17) is 9.72 Å². The molecule has 0 bridgehead atoms. The molecule has 33 heavy (non-hydrogen) atoms. The highest BCUT2D eigenvalue weighted by Gasteiger charge is 2.31. The molecular weight excluding hydrogens is 440 g/mol. The quantitative estimate of drug-likeness (QED) is 0.315. The number of aromatic nitrogens is 4. The van der Waals surface area contributed by atoms with Crippen LogP contribution in [0.4, 0.5) is 0 Å². The van der Waals surface area contributed by atoms with Crippen LogP contribution in [-0.4, -0.2) is 45.8 Å².